The second-order valence-electron chi connectivity index (χ2n) is 5.86. The highest BCUT2D eigenvalue weighted by Crippen LogP contribution is 2.48. The molecule has 1 amide bonds. The van der Waals surface area contributed by atoms with Gasteiger partial charge in [0.15, 0.2) is 0 Å². The van der Waals surface area contributed by atoms with Crippen molar-refractivity contribution in [3.05, 3.63) is 83.9 Å². The van der Waals surface area contributed by atoms with E-state index >= 15 is 0 Å². The Labute approximate surface area is 137 Å². The van der Waals surface area contributed by atoms with E-state index in [1.165, 1.54) is 0 Å². The van der Waals surface area contributed by atoms with Crippen molar-refractivity contribution in [1.82, 2.24) is 4.57 Å². The minimum absolute atomic E-state index is 0.0662. The third-order valence-electron chi connectivity index (χ3n) is 4.46. The number of para-hydroxylation sites is 2. The second kappa shape index (κ2) is 4.55. The zero-order valence-corrected chi connectivity index (χ0v) is 12.6. The van der Waals surface area contributed by atoms with Gasteiger partial charge >= 0.3 is 0 Å². The summed E-state index contributed by atoms with van der Waals surface area (Å²) >= 11 is 0. The van der Waals surface area contributed by atoms with Gasteiger partial charge in [0.1, 0.15) is 0 Å². The summed E-state index contributed by atoms with van der Waals surface area (Å²) in [5, 5.41) is 0. The fourth-order valence-electron chi connectivity index (χ4n) is 3.17. The van der Waals surface area contributed by atoms with Gasteiger partial charge in [-0.05, 0) is 60.7 Å². The molecule has 4 nitrogen and oxygen atoms in total. The Morgan fingerprint density at radius 3 is 1.54 bits per heavy atom. The molecular formula is C20H12N2O2. The van der Waals surface area contributed by atoms with Crippen LogP contribution in [-0.4, -0.2) is 16.4 Å². The largest absolute Gasteiger partial charge is 0.277 e. The number of hydrogen-bond acceptors (Lipinski definition) is 2. The molecule has 2 aromatic carbocycles. The lowest BCUT2D eigenvalue weighted by atomic mass is 10.1. The molecule has 0 N–H and O–H groups in total. The van der Waals surface area contributed by atoms with Crippen LogP contribution < -0.4 is 4.90 Å². The lowest BCUT2D eigenvalue weighted by molar-refractivity contribution is 0.0966. The number of rotatable bonds is 2. The first-order valence-electron chi connectivity index (χ1n) is 7.72. The quantitative estimate of drug-likeness (QED) is 0.524. The fraction of sp³-hybridized carbons (Fsp3) is 0. The van der Waals surface area contributed by atoms with E-state index in [-0.39, 0.29) is 11.8 Å². The van der Waals surface area contributed by atoms with Crippen LogP contribution in [0.25, 0.3) is 11.0 Å². The Bertz CT molecular complexity index is 1020. The fourth-order valence-corrected chi connectivity index (χ4v) is 3.17. The summed E-state index contributed by atoms with van der Waals surface area (Å²) in [4.78, 5) is 26.8. The van der Waals surface area contributed by atoms with E-state index in [0.717, 1.165) is 22.4 Å². The molecule has 24 heavy (non-hydrogen) atoms. The highest BCUT2D eigenvalue weighted by molar-refractivity contribution is 6.22. The molecule has 0 atom stereocenters. The third kappa shape index (κ3) is 1.74. The number of hydrogen-bond donors (Lipinski definition) is 0. The Kier molecular flexibility index (Phi) is 2.48. The topological polar surface area (TPSA) is 42.1 Å². The van der Waals surface area contributed by atoms with Crippen LogP contribution in [0.2, 0.25) is 0 Å². The molecule has 1 aliphatic heterocycles. The normalized spacial score (nSPS) is 12.4. The van der Waals surface area contributed by atoms with E-state index in [9.17, 15) is 9.59 Å². The van der Waals surface area contributed by atoms with Crippen molar-refractivity contribution in [1.29, 1.82) is 0 Å². The Morgan fingerprint density at radius 1 is 0.583 bits per heavy atom. The molecule has 0 unspecified atom stereocenters. The van der Waals surface area contributed by atoms with E-state index in [0.29, 0.717) is 11.1 Å². The summed E-state index contributed by atoms with van der Waals surface area (Å²) in [5.74, 6) is -0.146. The van der Waals surface area contributed by atoms with Gasteiger partial charge < -0.3 is 0 Å². The van der Waals surface area contributed by atoms with Crippen molar-refractivity contribution in [3.63, 3.8) is 0 Å². The summed E-state index contributed by atoms with van der Waals surface area (Å²) in [6.07, 6.45) is 0. The van der Waals surface area contributed by atoms with E-state index in [1.54, 1.807) is 33.7 Å². The zero-order valence-electron chi connectivity index (χ0n) is 12.6. The average molecular weight is 312 g/mol. The maximum absolute atomic E-state index is 12.6. The van der Waals surface area contributed by atoms with Crippen LogP contribution in [0.4, 0.5) is 11.4 Å². The van der Waals surface area contributed by atoms with Crippen molar-refractivity contribution in [2.24, 2.45) is 0 Å². The van der Waals surface area contributed by atoms with Crippen LogP contribution in [0.1, 0.15) is 20.7 Å². The third-order valence-corrected chi connectivity index (χ3v) is 4.46. The first kappa shape index (κ1) is 13.1. The van der Waals surface area contributed by atoms with Gasteiger partial charge in [0, 0.05) is 22.2 Å². The first-order chi connectivity index (χ1) is 11.7. The molecule has 0 spiro atoms. The summed E-state index contributed by atoms with van der Waals surface area (Å²) in [5.41, 5.74) is 4.80. The molecule has 0 saturated heterocycles. The average Bonchev–Trinajstić information content (AvgIpc) is 3.03. The van der Waals surface area contributed by atoms with Gasteiger partial charge in [-0.15, -0.1) is 0 Å². The monoisotopic (exact) mass is 312 g/mol. The Hall–Kier alpha value is -3.40. The molecular weight excluding hydrogens is 300 g/mol. The van der Waals surface area contributed by atoms with Gasteiger partial charge in [-0.3, -0.25) is 19.1 Å². The standard InChI is InChI=1S/C20H12N2O2/c23-19(21-15-9-10-16(21)12-11-15)13-5-7-14(8-6-13)20(24)22-17-3-1-2-4-18(17)22/h1-12H. The predicted molar refractivity (Wildman–Crippen MR) is 92.2 cm³/mol. The summed E-state index contributed by atoms with van der Waals surface area (Å²) < 4.78 is 1.68. The highest BCUT2D eigenvalue weighted by Gasteiger charge is 2.34. The lowest BCUT2D eigenvalue weighted by Crippen LogP contribution is -2.14. The van der Waals surface area contributed by atoms with Crippen LogP contribution in [0.15, 0.2) is 72.8 Å². The van der Waals surface area contributed by atoms with Crippen molar-refractivity contribution in [3.8, 4) is 0 Å². The van der Waals surface area contributed by atoms with Crippen LogP contribution in [-0.2, 0) is 0 Å². The minimum atomic E-state index is -0.0796. The second-order valence-corrected chi connectivity index (χ2v) is 5.86. The number of carbonyl (C=O) groups excluding carboxylic acids is 2. The van der Waals surface area contributed by atoms with E-state index in [4.69, 9.17) is 0 Å². The lowest BCUT2D eigenvalue weighted by Gasteiger charge is -2.06. The van der Waals surface area contributed by atoms with Gasteiger partial charge in [0.2, 0.25) is 0 Å². The van der Waals surface area contributed by atoms with E-state index in [2.05, 4.69) is 0 Å². The summed E-state index contributed by atoms with van der Waals surface area (Å²) in [6.45, 7) is 0. The summed E-state index contributed by atoms with van der Waals surface area (Å²) in [7, 11) is 0. The number of nitrogens with zero attached hydrogens (tertiary/aromatic N) is 2. The van der Waals surface area contributed by atoms with Gasteiger partial charge in [-0.25, -0.2) is 0 Å². The minimum Gasteiger partial charge on any atom is -0.277 e. The molecule has 1 aliphatic rings. The molecule has 0 radical (unpaired) electrons. The molecule has 0 aliphatic carbocycles. The number of fused-ring (bicyclic) bond motifs is 3. The molecule has 114 valence electrons. The molecule has 0 saturated carbocycles. The molecule has 4 aromatic rings. The van der Waals surface area contributed by atoms with Crippen LogP contribution in [0, 0.1) is 0 Å². The maximum atomic E-state index is 12.6. The number of aromatic nitrogens is 1. The number of carbonyl (C=O) groups is 2. The first-order valence-corrected chi connectivity index (χ1v) is 7.72. The highest BCUT2D eigenvalue weighted by atomic mass is 16.2. The van der Waals surface area contributed by atoms with Gasteiger partial charge in [-0.1, -0.05) is 12.1 Å². The molecule has 3 heterocycles. The van der Waals surface area contributed by atoms with E-state index in [1.807, 2.05) is 48.5 Å². The molecule has 5 rings (SSSR count). The van der Waals surface area contributed by atoms with Crippen LogP contribution in [0.3, 0.4) is 0 Å². The van der Waals surface area contributed by atoms with Gasteiger partial charge in [-0.2, -0.15) is 0 Å². The van der Waals surface area contributed by atoms with Gasteiger partial charge in [0.05, 0.1) is 11.4 Å². The number of amides is 1. The van der Waals surface area contributed by atoms with Crippen molar-refractivity contribution >= 4 is 34.2 Å². The van der Waals surface area contributed by atoms with Gasteiger partial charge in [0.25, 0.3) is 11.8 Å². The number of anilines is 2. The van der Waals surface area contributed by atoms with Crippen LogP contribution in [0.5, 0.6) is 0 Å². The van der Waals surface area contributed by atoms with Crippen molar-refractivity contribution < 1.29 is 9.59 Å². The molecule has 0 fully saturated rings. The SMILES string of the molecule is O=C(c1ccc(C(=O)n2c3ccc2cc3)cc1)N1c2ccccc21. The smallest absolute Gasteiger partial charge is 0.262 e. The summed E-state index contributed by atoms with van der Waals surface area (Å²) in [6, 6.07) is 22.2. The van der Waals surface area contributed by atoms with Crippen molar-refractivity contribution in [2.45, 2.75) is 0 Å². The van der Waals surface area contributed by atoms with E-state index < -0.39 is 0 Å². The Morgan fingerprint density at radius 2 is 1.04 bits per heavy atom. The predicted octanol–water partition coefficient (Wildman–Crippen LogP) is 4.06. The molecule has 2 aromatic heterocycles. The van der Waals surface area contributed by atoms with Crippen LogP contribution >= 0.6 is 0 Å². The van der Waals surface area contributed by atoms with Crippen molar-refractivity contribution in [2.75, 3.05) is 4.90 Å². The molecule has 4 heteroatoms. The number of benzene rings is 3. The Balaban J connectivity index is 1.42. The maximum Gasteiger partial charge on any atom is 0.262 e. The molecule has 2 bridgehead atoms. The zero-order chi connectivity index (χ0) is 16.3.